The number of pyridine rings is 1. The van der Waals surface area contributed by atoms with Crippen molar-refractivity contribution >= 4 is 6.29 Å². The van der Waals surface area contributed by atoms with Crippen LogP contribution in [-0.2, 0) is 13.0 Å². The Balaban J connectivity index is 1.95. The molecule has 0 N–H and O–H groups in total. The lowest BCUT2D eigenvalue weighted by Gasteiger charge is -2.06. The molecular weight excluding hydrogens is 226 g/mol. The predicted molar refractivity (Wildman–Crippen MR) is 69.8 cm³/mol. The molecule has 1 aromatic carbocycles. The quantitative estimate of drug-likeness (QED) is 0.755. The number of carbonyl (C=O) groups excluding carboxylic acids is 1. The smallest absolute Gasteiger partial charge is 0.168 e. The van der Waals surface area contributed by atoms with Crippen LogP contribution in [0.1, 0.15) is 28.5 Å². The predicted octanol–water partition coefficient (Wildman–Crippen LogP) is 3.04. The lowest BCUT2D eigenvalue weighted by molar-refractivity contribution is 0.111. The fourth-order valence-corrected chi connectivity index (χ4v) is 1.58. The molecule has 0 fully saturated rings. The van der Waals surface area contributed by atoms with Crippen molar-refractivity contribution in [1.29, 1.82) is 0 Å². The second-order valence-electron chi connectivity index (χ2n) is 4.00. The highest BCUT2D eigenvalue weighted by Gasteiger charge is 1.98. The molecule has 0 spiro atoms. The van der Waals surface area contributed by atoms with Crippen LogP contribution >= 0.6 is 0 Å². The van der Waals surface area contributed by atoms with Crippen LogP contribution in [0.4, 0.5) is 0 Å². The third-order valence-electron chi connectivity index (χ3n) is 2.72. The average Bonchev–Trinajstić information content (AvgIpc) is 2.46. The zero-order valence-electron chi connectivity index (χ0n) is 10.3. The van der Waals surface area contributed by atoms with E-state index >= 15 is 0 Å². The summed E-state index contributed by atoms with van der Waals surface area (Å²) >= 11 is 0. The van der Waals surface area contributed by atoms with Crippen molar-refractivity contribution in [2.24, 2.45) is 0 Å². The lowest BCUT2D eigenvalue weighted by Crippen LogP contribution is -1.96. The monoisotopic (exact) mass is 241 g/mol. The van der Waals surface area contributed by atoms with Gasteiger partial charge in [0.15, 0.2) is 6.29 Å². The Hall–Kier alpha value is -2.16. The molecule has 0 aliphatic rings. The summed E-state index contributed by atoms with van der Waals surface area (Å²) in [5.41, 5.74) is 2.84. The minimum atomic E-state index is 0.412. The summed E-state index contributed by atoms with van der Waals surface area (Å²) in [5.74, 6) is 0.667. The maximum absolute atomic E-state index is 10.5. The molecule has 0 aliphatic carbocycles. The summed E-state index contributed by atoms with van der Waals surface area (Å²) in [5, 5.41) is 0. The molecule has 0 radical (unpaired) electrons. The van der Waals surface area contributed by atoms with Crippen molar-refractivity contribution in [3.05, 3.63) is 59.4 Å². The molecule has 1 aromatic heterocycles. The van der Waals surface area contributed by atoms with Crippen LogP contribution in [0.5, 0.6) is 5.75 Å². The van der Waals surface area contributed by atoms with Gasteiger partial charge in [-0.25, -0.2) is 4.98 Å². The van der Waals surface area contributed by atoms with Crippen molar-refractivity contribution in [3.8, 4) is 5.75 Å². The molecule has 2 aromatic rings. The van der Waals surface area contributed by atoms with Gasteiger partial charge in [0.05, 0.1) is 6.20 Å². The van der Waals surface area contributed by atoms with Crippen molar-refractivity contribution in [2.75, 3.05) is 0 Å². The number of hydrogen-bond donors (Lipinski definition) is 0. The van der Waals surface area contributed by atoms with E-state index in [1.807, 2.05) is 0 Å². The van der Waals surface area contributed by atoms with Gasteiger partial charge in [0.1, 0.15) is 18.1 Å². The van der Waals surface area contributed by atoms with E-state index in [0.29, 0.717) is 24.3 Å². The molecule has 0 atom stereocenters. The third-order valence-corrected chi connectivity index (χ3v) is 2.72. The Bertz CT molecular complexity index is 503. The van der Waals surface area contributed by atoms with Gasteiger partial charge in [-0.1, -0.05) is 31.2 Å². The number of hydrogen-bond acceptors (Lipinski definition) is 3. The van der Waals surface area contributed by atoms with Gasteiger partial charge in [-0.05, 0) is 29.7 Å². The van der Waals surface area contributed by atoms with E-state index in [0.717, 1.165) is 12.0 Å². The highest BCUT2D eigenvalue weighted by Crippen LogP contribution is 2.12. The van der Waals surface area contributed by atoms with Gasteiger partial charge in [0.25, 0.3) is 0 Å². The summed E-state index contributed by atoms with van der Waals surface area (Å²) in [7, 11) is 0. The van der Waals surface area contributed by atoms with Crippen molar-refractivity contribution in [3.63, 3.8) is 0 Å². The maximum Gasteiger partial charge on any atom is 0.168 e. The first-order valence-corrected chi connectivity index (χ1v) is 5.93. The van der Waals surface area contributed by atoms with Gasteiger partial charge in [-0.15, -0.1) is 0 Å². The highest BCUT2D eigenvalue weighted by atomic mass is 16.5. The zero-order chi connectivity index (χ0) is 12.8. The summed E-state index contributed by atoms with van der Waals surface area (Å²) in [6.45, 7) is 2.64. The Morgan fingerprint density at radius 3 is 2.39 bits per heavy atom. The van der Waals surface area contributed by atoms with E-state index in [9.17, 15) is 4.79 Å². The van der Waals surface area contributed by atoms with Gasteiger partial charge < -0.3 is 4.74 Å². The summed E-state index contributed by atoms with van der Waals surface area (Å²) in [6, 6.07) is 11.7. The fourth-order valence-electron chi connectivity index (χ4n) is 1.58. The van der Waals surface area contributed by atoms with Gasteiger partial charge >= 0.3 is 0 Å². The first kappa shape index (κ1) is 12.3. The number of nitrogens with zero attached hydrogens (tertiary/aromatic N) is 1. The molecule has 2 rings (SSSR count). The van der Waals surface area contributed by atoms with Crippen LogP contribution in [0.2, 0.25) is 0 Å². The topological polar surface area (TPSA) is 39.2 Å². The van der Waals surface area contributed by atoms with E-state index in [-0.39, 0.29) is 0 Å². The molecule has 0 aliphatic heterocycles. The Labute approximate surface area is 106 Å². The molecular formula is C15H15NO2. The molecule has 0 amide bonds. The van der Waals surface area contributed by atoms with Gasteiger partial charge in [-0.2, -0.15) is 0 Å². The van der Waals surface area contributed by atoms with Crippen molar-refractivity contribution in [1.82, 2.24) is 4.98 Å². The lowest BCUT2D eigenvalue weighted by atomic mass is 10.1. The molecule has 0 unspecified atom stereocenters. The van der Waals surface area contributed by atoms with Crippen LogP contribution in [0.25, 0.3) is 0 Å². The summed E-state index contributed by atoms with van der Waals surface area (Å²) in [6.07, 6.45) is 3.32. The van der Waals surface area contributed by atoms with E-state index in [2.05, 4.69) is 36.2 Å². The molecule has 0 saturated heterocycles. The van der Waals surface area contributed by atoms with Crippen LogP contribution in [0.3, 0.4) is 0 Å². The minimum Gasteiger partial charge on any atom is -0.487 e. The standard InChI is InChI=1S/C15H15NO2/c1-2-12-3-5-13(6-4-12)11-18-15-8-7-14(10-17)16-9-15/h3-10H,2,11H2,1H3. The van der Waals surface area contributed by atoms with E-state index in [1.54, 1.807) is 18.3 Å². The van der Waals surface area contributed by atoms with Crippen LogP contribution in [0.15, 0.2) is 42.6 Å². The molecule has 0 saturated carbocycles. The van der Waals surface area contributed by atoms with E-state index < -0.39 is 0 Å². The normalized spacial score (nSPS) is 10.1. The molecule has 3 nitrogen and oxygen atoms in total. The van der Waals surface area contributed by atoms with E-state index in [1.165, 1.54) is 5.56 Å². The fraction of sp³-hybridized carbons (Fsp3) is 0.200. The molecule has 92 valence electrons. The number of ether oxygens (including phenoxy) is 1. The Morgan fingerprint density at radius 2 is 1.83 bits per heavy atom. The number of aldehydes is 1. The van der Waals surface area contributed by atoms with Crippen molar-refractivity contribution < 1.29 is 9.53 Å². The second-order valence-corrected chi connectivity index (χ2v) is 4.00. The molecule has 0 bridgehead atoms. The number of benzene rings is 1. The number of carbonyl (C=O) groups is 1. The van der Waals surface area contributed by atoms with E-state index in [4.69, 9.17) is 4.74 Å². The largest absolute Gasteiger partial charge is 0.487 e. The number of aromatic nitrogens is 1. The zero-order valence-corrected chi connectivity index (χ0v) is 10.3. The molecule has 3 heteroatoms. The second kappa shape index (κ2) is 5.96. The van der Waals surface area contributed by atoms with Crippen LogP contribution in [-0.4, -0.2) is 11.3 Å². The van der Waals surface area contributed by atoms with Gasteiger partial charge in [0.2, 0.25) is 0 Å². The number of aryl methyl sites for hydroxylation is 1. The Kier molecular flexibility index (Phi) is 4.07. The van der Waals surface area contributed by atoms with Gasteiger partial charge in [0, 0.05) is 0 Å². The van der Waals surface area contributed by atoms with Crippen molar-refractivity contribution in [2.45, 2.75) is 20.0 Å². The minimum absolute atomic E-state index is 0.412. The number of rotatable bonds is 5. The van der Waals surface area contributed by atoms with Crippen LogP contribution < -0.4 is 4.74 Å². The van der Waals surface area contributed by atoms with Gasteiger partial charge in [-0.3, -0.25) is 4.79 Å². The third kappa shape index (κ3) is 3.17. The van der Waals surface area contributed by atoms with Crippen LogP contribution in [0, 0.1) is 0 Å². The SMILES string of the molecule is CCc1ccc(COc2ccc(C=O)nc2)cc1. The molecule has 1 heterocycles. The summed E-state index contributed by atoms with van der Waals surface area (Å²) < 4.78 is 5.59. The summed E-state index contributed by atoms with van der Waals surface area (Å²) in [4.78, 5) is 14.4. The Morgan fingerprint density at radius 1 is 1.11 bits per heavy atom. The molecule has 18 heavy (non-hydrogen) atoms. The maximum atomic E-state index is 10.5. The first-order chi connectivity index (χ1) is 8.81. The average molecular weight is 241 g/mol. The highest BCUT2D eigenvalue weighted by molar-refractivity contribution is 5.71. The first-order valence-electron chi connectivity index (χ1n) is 5.93.